The molecule has 0 radical (unpaired) electrons. The number of alkyl halides is 1. The molecule has 0 saturated carbocycles. The maximum absolute atomic E-state index is 6.05. The van der Waals surface area contributed by atoms with E-state index >= 15 is 0 Å². The topological polar surface area (TPSA) is 9.23 Å². The predicted octanol–water partition coefficient (Wildman–Crippen LogP) is 6.44. The van der Waals surface area contributed by atoms with Crippen molar-refractivity contribution in [3.05, 3.63) is 56.5 Å². The van der Waals surface area contributed by atoms with E-state index in [2.05, 4.69) is 31.9 Å². The summed E-state index contributed by atoms with van der Waals surface area (Å²) in [6.45, 7) is 0. The molecule has 2 aromatic rings. The molecule has 0 aliphatic carbocycles. The van der Waals surface area contributed by atoms with Gasteiger partial charge in [0.2, 0.25) is 0 Å². The molecule has 2 rings (SSSR count). The van der Waals surface area contributed by atoms with Gasteiger partial charge in [-0.3, -0.25) is 0 Å². The number of rotatable bonds is 3. The highest BCUT2D eigenvalue weighted by molar-refractivity contribution is 9.10. The summed E-state index contributed by atoms with van der Waals surface area (Å²) in [7, 11) is 0. The molecule has 0 aliphatic rings. The lowest BCUT2D eigenvalue weighted by Crippen LogP contribution is -1.87. The average molecular weight is 411 g/mol. The average Bonchev–Trinajstić information content (AvgIpc) is 2.33. The van der Waals surface area contributed by atoms with Crippen LogP contribution in [0.25, 0.3) is 0 Å². The van der Waals surface area contributed by atoms with E-state index in [9.17, 15) is 0 Å². The number of benzene rings is 2. The van der Waals surface area contributed by atoms with Crippen LogP contribution in [0.4, 0.5) is 0 Å². The van der Waals surface area contributed by atoms with E-state index in [4.69, 9.17) is 27.9 Å². The third kappa shape index (κ3) is 3.41. The molecule has 0 unspecified atom stereocenters. The van der Waals surface area contributed by atoms with Crippen molar-refractivity contribution in [1.82, 2.24) is 0 Å². The van der Waals surface area contributed by atoms with Gasteiger partial charge < -0.3 is 4.74 Å². The van der Waals surface area contributed by atoms with E-state index in [1.165, 1.54) is 0 Å². The third-order valence-corrected chi connectivity index (χ3v) is 4.16. The summed E-state index contributed by atoms with van der Waals surface area (Å²) in [5.41, 5.74) is 1.16. The number of hydrogen-bond donors (Lipinski definition) is 0. The molecule has 0 atom stereocenters. The molecule has 0 heterocycles. The molecule has 0 saturated heterocycles. The summed E-state index contributed by atoms with van der Waals surface area (Å²) < 4.78 is 6.70. The summed E-state index contributed by atoms with van der Waals surface area (Å²) in [5.74, 6) is 1.30. The Morgan fingerprint density at radius 1 is 1.06 bits per heavy atom. The molecule has 0 aliphatic heterocycles. The lowest BCUT2D eigenvalue weighted by Gasteiger charge is -2.09. The van der Waals surface area contributed by atoms with Crippen LogP contribution in [0.1, 0.15) is 5.56 Å². The van der Waals surface area contributed by atoms with Crippen LogP contribution in [-0.2, 0) is 5.33 Å². The molecule has 18 heavy (non-hydrogen) atoms. The Bertz CT molecular complexity index is 573. The Kier molecular flexibility index (Phi) is 4.96. The van der Waals surface area contributed by atoms with Gasteiger partial charge in [0.1, 0.15) is 11.5 Å². The van der Waals surface area contributed by atoms with Crippen molar-refractivity contribution in [3.8, 4) is 11.5 Å². The number of ether oxygens (including phenoxy) is 1. The molecule has 5 heteroatoms. The summed E-state index contributed by atoms with van der Waals surface area (Å²) >= 11 is 18.8. The van der Waals surface area contributed by atoms with Crippen molar-refractivity contribution >= 4 is 55.1 Å². The van der Waals surface area contributed by atoms with Gasteiger partial charge in [-0.25, -0.2) is 0 Å². The van der Waals surface area contributed by atoms with Gasteiger partial charge in [0.25, 0.3) is 0 Å². The minimum absolute atomic E-state index is 0.489. The van der Waals surface area contributed by atoms with Crippen LogP contribution in [-0.4, -0.2) is 0 Å². The standard InChI is InChI=1S/C13H8Br2Cl2O/c14-7-8-1-3-10(6-11(8)15)18-13-4-2-9(16)5-12(13)17/h1-6H,7H2. The highest BCUT2D eigenvalue weighted by Crippen LogP contribution is 2.33. The summed E-state index contributed by atoms with van der Waals surface area (Å²) in [5, 5.41) is 1.86. The molecule has 0 N–H and O–H groups in total. The Morgan fingerprint density at radius 2 is 1.83 bits per heavy atom. The molecule has 0 spiro atoms. The lowest BCUT2D eigenvalue weighted by molar-refractivity contribution is 0.482. The number of halogens is 4. The molecule has 0 fully saturated rings. The van der Waals surface area contributed by atoms with E-state index in [1.807, 2.05) is 18.2 Å². The lowest BCUT2D eigenvalue weighted by atomic mass is 10.2. The van der Waals surface area contributed by atoms with E-state index in [-0.39, 0.29) is 0 Å². The first kappa shape index (κ1) is 14.2. The van der Waals surface area contributed by atoms with Gasteiger partial charge in [-0.15, -0.1) is 0 Å². The van der Waals surface area contributed by atoms with Crippen molar-refractivity contribution in [1.29, 1.82) is 0 Å². The molecular formula is C13H8Br2Cl2O. The van der Waals surface area contributed by atoms with Crippen LogP contribution in [0.5, 0.6) is 11.5 Å². The van der Waals surface area contributed by atoms with Gasteiger partial charge >= 0.3 is 0 Å². The number of hydrogen-bond acceptors (Lipinski definition) is 1. The second-order valence-corrected chi connectivity index (χ2v) is 5.82. The second-order valence-electron chi connectivity index (χ2n) is 3.56. The molecule has 0 bridgehead atoms. The monoisotopic (exact) mass is 408 g/mol. The fraction of sp³-hybridized carbons (Fsp3) is 0.0769. The van der Waals surface area contributed by atoms with E-state index in [0.29, 0.717) is 15.8 Å². The molecule has 0 aromatic heterocycles. The fourth-order valence-electron chi connectivity index (χ4n) is 1.38. The predicted molar refractivity (Wildman–Crippen MR) is 83.3 cm³/mol. The Hall–Kier alpha value is -0.220. The normalized spacial score (nSPS) is 10.4. The zero-order valence-corrected chi connectivity index (χ0v) is 13.8. The van der Waals surface area contributed by atoms with Crippen molar-refractivity contribution in [3.63, 3.8) is 0 Å². The summed E-state index contributed by atoms with van der Waals surface area (Å²) in [6.07, 6.45) is 0. The fourth-order valence-corrected chi connectivity index (χ4v) is 3.20. The van der Waals surface area contributed by atoms with Crippen molar-refractivity contribution in [2.75, 3.05) is 0 Å². The minimum atomic E-state index is 0.489. The molecular weight excluding hydrogens is 403 g/mol. The second kappa shape index (κ2) is 6.29. The molecule has 2 aromatic carbocycles. The SMILES string of the molecule is Clc1ccc(Oc2ccc(CBr)c(Br)c2)c(Cl)c1. The van der Waals surface area contributed by atoms with Crippen molar-refractivity contribution in [2.45, 2.75) is 5.33 Å². The van der Waals surface area contributed by atoms with Crippen LogP contribution in [0.3, 0.4) is 0 Å². The molecule has 94 valence electrons. The molecule has 1 nitrogen and oxygen atoms in total. The van der Waals surface area contributed by atoms with Crippen molar-refractivity contribution < 1.29 is 4.74 Å². The van der Waals surface area contributed by atoms with Crippen molar-refractivity contribution in [2.24, 2.45) is 0 Å². The van der Waals surface area contributed by atoms with Crippen LogP contribution in [0, 0.1) is 0 Å². The highest BCUT2D eigenvalue weighted by atomic mass is 79.9. The highest BCUT2D eigenvalue weighted by Gasteiger charge is 2.06. The van der Waals surface area contributed by atoms with Crippen LogP contribution < -0.4 is 4.74 Å². The van der Waals surface area contributed by atoms with E-state index in [1.54, 1.807) is 18.2 Å². The zero-order chi connectivity index (χ0) is 13.1. The summed E-state index contributed by atoms with van der Waals surface area (Å²) in [4.78, 5) is 0. The Labute approximate surface area is 132 Å². The maximum atomic E-state index is 6.05. The summed E-state index contributed by atoms with van der Waals surface area (Å²) in [6, 6.07) is 10.9. The van der Waals surface area contributed by atoms with E-state index < -0.39 is 0 Å². The first-order valence-electron chi connectivity index (χ1n) is 5.07. The van der Waals surface area contributed by atoms with Crippen LogP contribution in [0.2, 0.25) is 10.0 Å². The molecule has 0 amide bonds. The first-order chi connectivity index (χ1) is 8.60. The van der Waals surface area contributed by atoms with Gasteiger partial charge in [-0.2, -0.15) is 0 Å². The quantitative estimate of drug-likeness (QED) is 0.529. The van der Waals surface area contributed by atoms with Crippen LogP contribution >= 0.6 is 55.1 Å². The van der Waals surface area contributed by atoms with Gasteiger partial charge in [0.05, 0.1) is 5.02 Å². The maximum Gasteiger partial charge on any atom is 0.146 e. The van der Waals surface area contributed by atoms with E-state index in [0.717, 1.165) is 21.1 Å². The Morgan fingerprint density at radius 3 is 2.44 bits per heavy atom. The minimum Gasteiger partial charge on any atom is -0.456 e. The largest absolute Gasteiger partial charge is 0.456 e. The third-order valence-electron chi connectivity index (χ3n) is 2.29. The Balaban J connectivity index is 2.26. The smallest absolute Gasteiger partial charge is 0.146 e. The van der Waals surface area contributed by atoms with Gasteiger partial charge in [-0.05, 0) is 35.9 Å². The van der Waals surface area contributed by atoms with Gasteiger partial charge in [0.15, 0.2) is 0 Å². The van der Waals surface area contributed by atoms with Gasteiger partial charge in [-0.1, -0.05) is 61.1 Å². The first-order valence-corrected chi connectivity index (χ1v) is 7.74. The zero-order valence-electron chi connectivity index (χ0n) is 9.09. The van der Waals surface area contributed by atoms with Crippen LogP contribution in [0.15, 0.2) is 40.9 Å². The van der Waals surface area contributed by atoms with Gasteiger partial charge in [0, 0.05) is 14.8 Å².